The Kier molecular flexibility index (Phi) is 4.61. The zero-order valence-corrected chi connectivity index (χ0v) is 11.6. The maximum atomic E-state index is 12.1. The number of carboxylic acids is 1. The fourth-order valence-corrected chi connectivity index (χ4v) is 2.54. The van der Waals surface area contributed by atoms with Crippen LogP contribution in [0.2, 0.25) is 0 Å². The second-order valence-electron chi connectivity index (χ2n) is 5.22. The van der Waals surface area contributed by atoms with Gasteiger partial charge in [0.15, 0.2) is 0 Å². The van der Waals surface area contributed by atoms with Crippen LogP contribution < -0.4 is 5.32 Å². The van der Waals surface area contributed by atoms with Crippen LogP contribution in [0.5, 0.6) is 0 Å². The molecule has 20 heavy (non-hydrogen) atoms. The molecule has 2 N–H and O–H groups in total. The zero-order valence-electron chi connectivity index (χ0n) is 11.6. The zero-order chi connectivity index (χ0) is 14.5. The molecule has 108 valence electrons. The number of nitrogens with zero attached hydrogens (tertiary/aromatic N) is 1. The number of hydrogen-bond donors (Lipinski definition) is 2. The van der Waals surface area contributed by atoms with Crippen LogP contribution in [0.3, 0.4) is 0 Å². The molecule has 5 heteroatoms. The molecule has 0 spiro atoms. The minimum absolute atomic E-state index is 0.139. The summed E-state index contributed by atoms with van der Waals surface area (Å²) in [6.45, 7) is 0. The lowest BCUT2D eigenvalue weighted by atomic mass is 9.95. The molecule has 0 aliphatic heterocycles. The standard InChI is InChI=1S/C15H20N2O3/c1-17(13-5-3-2-4-6-13)15(20)16-12-9-7-11(8-10-12)14(18)19/h7-10,13H,2-6H2,1H3,(H,16,20)(H,18,19). The monoisotopic (exact) mass is 276 g/mol. The summed E-state index contributed by atoms with van der Waals surface area (Å²) in [6, 6.07) is 6.35. The lowest BCUT2D eigenvalue weighted by Gasteiger charge is -2.31. The van der Waals surface area contributed by atoms with Crippen molar-refractivity contribution in [3.8, 4) is 0 Å². The van der Waals surface area contributed by atoms with Crippen molar-refractivity contribution in [3.05, 3.63) is 29.8 Å². The summed E-state index contributed by atoms with van der Waals surface area (Å²) in [5, 5.41) is 11.6. The fourth-order valence-electron chi connectivity index (χ4n) is 2.54. The van der Waals surface area contributed by atoms with Crippen molar-refractivity contribution in [3.63, 3.8) is 0 Å². The van der Waals surface area contributed by atoms with Gasteiger partial charge in [0.25, 0.3) is 0 Å². The summed E-state index contributed by atoms with van der Waals surface area (Å²) >= 11 is 0. The van der Waals surface area contributed by atoms with Gasteiger partial charge in [0.2, 0.25) is 0 Å². The Balaban J connectivity index is 1.94. The predicted octanol–water partition coefficient (Wildman–Crippen LogP) is 3.18. The van der Waals surface area contributed by atoms with E-state index in [9.17, 15) is 9.59 Å². The van der Waals surface area contributed by atoms with Crippen molar-refractivity contribution in [2.24, 2.45) is 0 Å². The van der Waals surface area contributed by atoms with Gasteiger partial charge in [0, 0.05) is 18.8 Å². The van der Waals surface area contributed by atoms with Crippen molar-refractivity contribution in [1.29, 1.82) is 0 Å². The molecule has 0 aromatic heterocycles. The van der Waals surface area contributed by atoms with E-state index < -0.39 is 5.97 Å². The summed E-state index contributed by atoms with van der Waals surface area (Å²) in [5.74, 6) is -0.970. The molecule has 1 fully saturated rings. The van der Waals surface area contributed by atoms with Crippen molar-refractivity contribution >= 4 is 17.7 Å². The molecule has 1 aromatic carbocycles. The molecule has 1 aliphatic rings. The molecule has 2 amide bonds. The van der Waals surface area contributed by atoms with E-state index in [0.29, 0.717) is 11.7 Å². The van der Waals surface area contributed by atoms with Gasteiger partial charge in [-0.05, 0) is 37.1 Å². The molecule has 0 bridgehead atoms. The molecule has 0 unspecified atom stereocenters. The van der Waals surface area contributed by atoms with Gasteiger partial charge in [-0.2, -0.15) is 0 Å². The third kappa shape index (κ3) is 3.50. The van der Waals surface area contributed by atoms with Crippen LogP contribution in [-0.4, -0.2) is 35.1 Å². The largest absolute Gasteiger partial charge is 0.478 e. The van der Waals surface area contributed by atoms with Crippen LogP contribution in [0.25, 0.3) is 0 Å². The number of nitrogens with one attached hydrogen (secondary N) is 1. The van der Waals surface area contributed by atoms with E-state index in [-0.39, 0.29) is 11.6 Å². The highest BCUT2D eigenvalue weighted by molar-refractivity contribution is 5.91. The molecular weight excluding hydrogens is 256 g/mol. The van der Waals surface area contributed by atoms with Gasteiger partial charge in [-0.25, -0.2) is 9.59 Å². The second kappa shape index (κ2) is 6.41. The van der Waals surface area contributed by atoms with Gasteiger partial charge in [-0.3, -0.25) is 0 Å². The average Bonchev–Trinajstić information content (AvgIpc) is 2.48. The smallest absolute Gasteiger partial charge is 0.335 e. The highest BCUT2D eigenvalue weighted by atomic mass is 16.4. The maximum Gasteiger partial charge on any atom is 0.335 e. The van der Waals surface area contributed by atoms with Crippen molar-refractivity contribution in [2.45, 2.75) is 38.1 Å². The first kappa shape index (κ1) is 14.4. The van der Waals surface area contributed by atoms with Gasteiger partial charge in [0.1, 0.15) is 0 Å². The van der Waals surface area contributed by atoms with E-state index >= 15 is 0 Å². The Morgan fingerprint density at radius 1 is 1.15 bits per heavy atom. The maximum absolute atomic E-state index is 12.1. The number of anilines is 1. The number of aromatic carboxylic acids is 1. The molecule has 0 atom stereocenters. The summed E-state index contributed by atoms with van der Waals surface area (Å²) < 4.78 is 0. The molecule has 0 radical (unpaired) electrons. The molecule has 0 heterocycles. The summed E-state index contributed by atoms with van der Waals surface area (Å²) in [4.78, 5) is 24.6. The van der Waals surface area contributed by atoms with Crippen LogP contribution in [0.1, 0.15) is 42.5 Å². The number of urea groups is 1. The molecule has 1 aliphatic carbocycles. The van der Waals surface area contributed by atoms with Gasteiger partial charge in [-0.1, -0.05) is 19.3 Å². The Morgan fingerprint density at radius 2 is 1.75 bits per heavy atom. The highest BCUT2D eigenvalue weighted by Gasteiger charge is 2.21. The summed E-state index contributed by atoms with van der Waals surface area (Å²) in [6.07, 6.45) is 5.72. The Hall–Kier alpha value is -2.04. The summed E-state index contributed by atoms with van der Waals surface area (Å²) in [5.41, 5.74) is 0.825. The third-order valence-electron chi connectivity index (χ3n) is 3.83. The van der Waals surface area contributed by atoms with Crippen LogP contribution in [0, 0.1) is 0 Å². The molecule has 1 aromatic rings. The van der Waals surface area contributed by atoms with Crippen molar-refractivity contribution < 1.29 is 14.7 Å². The van der Waals surface area contributed by atoms with E-state index in [0.717, 1.165) is 12.8 Å². The van der Waals surface area contributed by atoms with E-state index in [1.165, 1.54) is 31.4 Å². The van der Waals surface area contributed by atoms with Crippen LogP contribution >= 0.6 is 0 Å². The molecular formula is C15H20N2O3. The number of carboxylic acid groups (broad SMARTS) is 1. The number of carbonyl (C=O) groups is 2. The lowest BCUT2D eigenvalue weighted by Crippen LogP contribution is -2.40. The average molecular weight is 276 g/mol. The van der Waals surface area contributed by atoms with E-state index in [1.54, 1.807) is 17.0 Å². The quantitative estimate of drug-likeness (QED) is 0.890. The molecule has 0 saturated heterocycles. The first-order valence-electron chi connectivity index (χ1n) is 6.95. The lowest BCUT2D eigenvalue weighted by molar-refractivity contribution is 0.0697. The fraction of sp³-hybridized carbons (Fsp3) is 0.467. The molecule has 2 rings (SSSR count). The Bertz CT molecular complexity index is 478. The molecule has 5 nitrogen and oxygen atoms in total. The highest BCUT2D eigenvalue weighted by Crippen LogP contribution is 2.22. The molecule has 1 saturated carbocycles. The van der Waals surface area contributed by atoms with Crippen molar-refractivity contribution in [2.75, 3.05) is 12.4 Å². The first-order chi connectivity index (χ1) is 9.58. The van der Waals surface area contributed by atoms with Crippen molar-refractivity contribution in [1.82, 2.24) is 4.90 Å². The normalized spacial score (nSPS) is 15.7. The van der Waals surface area contributed by atoms with E-state index in [1.807, 2.05) is 7.05 Å². The van der Waals surface area contributed by atoms with E-state index in [2.05, 4.69) is 5.32 Å². The minimum atomic E-state index is -0.970. The van der Waals surface area contributed by atoms with Gasteiger partial charge in [-0.15, -0.1) is 0 Å². The topological polar surface area (TPSA) is 69.6 Å². The number of rotatable bonds is 3. The third-order valence-corrected chi connectivity index (χ3v) is 3.83. The Labute approximate surface area is 118 Å². The van der Waals surface area contributed by atoms with Crippen LogP contribution in [0.4, 0.5) is 10.5 Å². The number of hydrogen-bond acceptors (Lipinski definition) is 2. The Morgan fingerprint density at radius 3 is 2.30 bits per heavy atom. The minimum Gasteiger partial charge on any atom is -0.478 e. The first-order valence-corrected chi connectivity index (χ1v) is 6.95. The predicted molar refractivity (Wildman–Crippen MR) is 77.1 cm³/mol. The van der Waals surface area contributed by atoms with Crippen LogP contribution in [0.15, 0.2) is 24.3 Å². The van der Waals surface area contributed by atoms with Gasteiger partial charge < -0.3 is 15.3 Å². The number of carbonyl (C=O) groups excluding carboxylic acids is 1. The summed E-state index contributed by atoms with van der Waals surface area (Å²) in [7, 11) is 1.82. The van der Waals surface area contributed by atoms with Gasteiger partial charge >= 0.3 is 12.0 Å². The van der Waals surface area contributed by atoms with Crippen LogP contribution in [-0.2, 0) is 0 Å². The SMILES string of the molecule is CN(C(=O)Nc1ccc(C(=O)O)cc1)C1CCCCC1. The van der Waals surface area contributed by atoms with Gasteiger partial charge in [0.05, 0.1) is 5.56 Å². The number of benzene rings is 1. The second-order valence-corrected chi connectivity index (χ2v) is 5.22. The number of amides is 2. The van der Waals surface area contributed by atoms with E-state index in [4.69, 9.17) is 5.11 Å².